The molecule has 0 aliphatic carbocycles. The van der Waals surface area contributed by atoms with Gasteiger partial charge in [-0.05, 0) is 24.3 Å². The summed E-state index contributed by atoms with van der Waals surface area (Å²) in [5, 5.41) is 4.27. The summed E-state index contributed by atoms with van der Waals surface area (Å²) in [6, 6.07) is 8.34. The predicted molar refractivity (Wildman–Crippen MR) is 106 cm³/mol. The van der Waals surface area contributed by atoms with E-state index in [9.17, 15) is 18.0 Å². The Labute approximate surface area is 181 Å². The number of benzene rings is 2. The fourth-order valence-electron chi connectivity index (χ4n) is 2.74. The Bertz CT molecular complexity index is 1350. The molecule has 0 bridgehead atoms. The molecular weight excluding hydrogens is 462 g/mol. The maximum atomic E-state index is 13.7. The van der Waals surface area contributed by atoms with Crippen LogP contribution in [0.5, 0.6) is 17.2 Å². The average molecular weight is 472 g/mol. The molecule has 4 aromatic rings. The highest BCUT2D eigenvalue weighted by Gasteiger charge is 2.39. The van der Waals surface area contributed by atoms with Crippen molar-refractivity contribution in [2.45, 2.75) is 6.18 Å². The molecule has 0 saturated carbocycles. The van der Waals surface area contributed by atoms with Gasteiger partial charge in [0.1, 0.15) is 11.5 Å². The third-order valence-electron chi connectivity index (χ3n) is 4.16. The molecular formula is C19H10Cl2F3N3O4. The summed E-state index contributed by atoms with van der Waals surface area (Å²) < 4.78 is 56.5. The van der Waals surface area contributed by atoms with Crippen LogP contribution in [0, 0.1) is 0 Å². The number of ether oxygens (including phenoxy) is 2. The van der Waals surface area contributed by atoms with E-state index in [2.05, 4.69) is 15.1 Å². The zero-order valence-corrected chi connectivity index (χ0v) is 16.9. The van der Waals surface area contributed by atoms with Gasteiger partial charge >= 0.3 is 6.18 Å². The molecule has 31 heavy (non-hydrogen) atoms. The smallest absolute Gasteiger partial charge is 0.437 e. The first-order valence-electron chi connectivity index (χ1n) is 8.45. The second-order valence-electron chi connectivity index (χ2n) is 6.16. The van der Waals surface area contributed by atoms with Crippen molar-refractivity contribution >= 4 is 34.2 Å². The van der Waals surface area contributed by atoms with Gasteiger partial charge in [-0.15, -0.1) is 0 Å². The lowest BCUT2D eigenvalue weighted by Gasteiger charge is -2.13. The molecule has 1 N–H and O–H groups in total. The number of aromatic nitrogens is 3. The van der Waals surface area contributed by atoms with E-state index in [-0.39, 0.29) is 27.1 Å². The minimum atomic E-state index is -5.00. The largest absolute Gasteiger partial charge is 0.497 e. The number of nitrogens with one attached hydrogen (secondary N) is 1. The molecule has 0 spiro atoms. The Balaban J connectivity index is 1.85. The van der Waals surface area contributed by atoms with Crippen LogP contribution in [-0.4, -0.2) is 22.2 Å². The minimum Gasteiger partial charge on any atom is -0.497 e. The zero-order valence-electron chi connectivity index (χ0n) is 15.4. The van der Waals surface area contributed by atoms with Gasteiger partial charge in [0.05, 0.1) is 22.5 Å². The highest BCUT2D eigenvalue weighted by Crippen LogP contribution is 2.37. The van der Waals surface area contributed by atoms with Gasteiger partial charge in [0.25, 0.3) is 5.56 Å². The van der Waals surface area contributed by atoms with Gasteiger partial charge in [0.2, 0.25) is 5.75 Å². The third kappa shape index (κ3) is 4.04. The molecule has 0 radical (unpaired) electrons. The maximum Gasteiger partial charge on any atom is 0.437 e. The topological polar surface area (TPSA) is 90.2 Å². The van der Waals surface area contributed by atoms with Gasteiger partial charge < -0.3 is 19.0 Å². The van der Waals surface area contributed by atoms with E-state index in [0.29, 0.717) is 11.1 Å². The van der Waals surface area contributed by atoms with Crippen molar-refractivity contribution in [2.24, 2.45) is 0 Å². The first-order valence-corrected chi connectivity index (χ1v) is 9.21. The molecule has 2 heterocycles. The van der Waals surface area contributed by atoms with Crippen molar-refractivity contribution in [3.8, 4) is 28.8 Å². The van der Waals surface area contributed by atoms with Crippen LogP contribution in [0.1, 0.15) is 5.69 Å². The summed E-state index contributed by atoms with van der Waals surface area (Å²) in [4.78, 5) is 18.3. The molecule has 7 nitrogen and oxygen atoms in total. The number of H-pyrrole nitrogens is 1. The highest BCUT2D eigenvalue weighted by molar-refractivity contribution is 6.42. The lowest BCUT2D eigenvalue weighted by molar-refractivity contribution is -0.142. The molecule has 160 valence electrons. The van der Waals surface area contributed by atoms with Gasteiger partial charge in [-0.25, -0.2) is 4.98 Å². The van der Waals surface area contributed by atoms with Gasteiger partial charge in [-0.2, -0.15) is 13.2 Å². The molecule has 2 aromatic carbocycles. The average Bonchev–Trinajstić information content (AvgIpc) is 3.14. The normalized spacial score (nSPS) is 11.7. The lowest BCUT2D eigenvalue weighted by Crippen LogP contribution is -2.20. The lowest BCUT2D eigenvalue weighted by atomic mass is 10.2. The van der Waals surface area contributed by atoms with Gasteiger partial charge in [-0.1, -0.05) is 28.4 Å². The molecule has 0 unspecified atom stereocenters. The van der Waals surface area contributed by atoms with Crippen molar-refractivity contribution in [3.05, 3.63) is 62.5 Å². The standard InChI is InChI=1S/C19H10Cl2F3N3O4/c1-29-8-2-4-10-13(7-8)31-27-14(10)17-25-16(19(22,23)24)15(18(28)26-17)30-9-3-5-11(20)12(21)6-9/h2-7H,1H3,(H,25,26,28). The molecule has 0 saturated heterocycles. The van der Waals surface area contributed by atoms with Crippen LogP contribution in [0.25, 0.3) is 22.5 Å². The summed E-state index contributed by atoms with van der Waals surface area (Å²) in [6.45, 7) is 0. The molecule has 0 aliphatic rings. The van der Waals surface area contributed by atoms with E-state index < -0.39 is 29.0 Å². The van der Waals surface area contributed by atoms with Crippen LogP contribution in [0.15, 0.2) is 45.7 Å². The number of methoxy groups -OCH3 is 1. The van der Waals surface area contributed by atoms with E-state index in [0.717, 1.165) is 0 Å². The monoisotopic (exact) mass is 471 g/mol. The number of hydrogen-bond acceptors (Lipinski definition) is 6. The number of rotatable bonds is 4. The van der Waals surface area contributed by atoms with Gasteiger partial charge in [-0.3, -0.25) is 4.79 Å². The summed E-state index contributed by atoms with van der Waals surface area (Å²) in [5.41, 5.74) is -2.56. The second-order valence-corrected chi connectivity index (χ2v) is 6.98. The Hall–Kier alpha value is -3.24. The molecule has 0 amide bonds. The van der Waals surface area contributed by atoms with Crippen molar-refractivity contribution in [2.75, 3.05) is 7.11 Å². The molecule has 2 aromatic heterocycles. The Morgan fingerprint density at radius 2 is 1.81 bits per heavy atom. The van der Waals surface area contributed by atoms with Crippen molar-refractivity contribution in [1.82, 2.24) is 15.1 Å². The Kier molecular flexibility index (Phi) is 5.28. The number of hydrogen-bond donors (Lipinski definition) is 1. The van der Waals surface area contributed by atoms with Crippen LogP contribution in [0.2, 0.25) is 10.0 Å². The zero-order chi connectivity index (χ0) is 22.3. The van der Waals surface area contributed by atoms with Crippen molar-refractivity contribution < 1.29 is 27.2 Å². The van der Waals surface area contributed by atoms with E-state index >= 15 is 0 Å². The molecule has 0 aliphatic heterocycles. The molecule has 0 fully saturated rings. The van der Waals surface area contributed by atoms with Gasteiger partial charge in [0, 0.05) is 12.1 Å². The van der Waals surface area contributed by atoms with E-state index in [1.807, 2.05) is 0 Å². The number of fused-ring (bicyclic) bond motifs is 1. The van der Waals surface area contributed by atoms with Crippen molar-refractivity contribution in [1.29, 1.82) is 0 Å². The molecule has 0 atom stereocenters. The highest BCUT2D eigenvalue weighted by atomic mass is 35.5. The van der Waals surface area contributed by atoms with Crippen molar-refractivity contribution in [3.63, 3.8) is 0 Å². The summed E-state index contributed by atoms with van der Waals surface area (Å²) in [7, 11) is 1.44. The summed E-state index contributed by atoms with van der Waals surface area (Å²) >= 11 is 11.6. The van der Waals surface area contributed by atoms with E-state index in [1.54, 1.807) is 6.07 Å². The fraction of sp³-hybridized carbons (Fsp3) is 0.105. The number of aromatic amines is 1. The summed E-state index contributed by atoms with van der Waals surface area (Å²) in [5.74, 6) is -1.16. The number of nitrogens with zero attached hydrogens (tertiary/aromatic N) is 2. The van der Waals surface area contributed by atoms with E-state index in [1.165, 1.54) is 37.4 Å². The van der Waals surface area contributed by atoms with E-state index in [4.69, 9.17) is 37.2 Å². The quantitative estimate of drug-likeness (QED) is 0.410. The van der Waals surface area contributed by atoms with Crippen LogP contribution >= 0.6 is 23.2 Å². The van der Waals surface area contributed by atoms with Crippen LogP contribution in [0.4, 0.5) is 13.2 Å². The van der Waals surface area contributed by atoms with Crippen LogP contribution in [0.3, 0.4) is 0 Å². The maximum absolute atomic E-state index is 13.7. The Morgan fingerprint density at radius 3 is 2.48 bits per heavy atom. The van der Waals surface area contributed by atoms with Crippen LogP contribution < -0.4 is 15.0 Å². The SMILES string of the molecule is COc1ccc2c(-c3nc(C(F)(F)F)c(Oc4ccc(Cl)c(Cl)c4)c(=O)[nH]3)noc2c1. The van der Waals surface area contributed by atoms with Gasteiger partial charge in [0.15, 0.2) is 22.8 Å². The predicted octanol–water partition coefficient (Wildman–Crippen LogP) is 5.70. The Morgan fingerprint density at radius 1 is 1.06 bits per heavy atom. The number of halogens is 5. The molecule has 12 heteroatoms. The second kappa shape index (κ2) is 7.78. The first-order chi connectivity index (χ1) is 14.7. The summed E-state index contributed by atoms with van der Waals surface area (Å²) in [6.07, 6.45) is -5.00. The van der Waals surface area contributed by atoms with Crippen LogP contribution in [-0.2, 0) is 6.18 Å². The molecule has 4 rings (SSSR count). The minimum absolute atomic E-state index is 0.0400. The third-order valence-corrected chi connectivity index (χ3v) is 4.90. The fourth-order valence-corrected chi connectivity index (χ4v) is 3.02. The first kappa shape index (κ1) is 21.0. The number of alkyl halides is 3.